The second-order valence-corrected chi connectivity index (χ2v) is 6.37. The van der Waals surface area contributed by atoms with Crippen molar-refractivity contribution in [2.45, 2.75) is 46.1 Å². The van der Waals surface area contributed by atoms with Crippen LogP contribution < -0.4 is 11.1 Å². The number of rotatable bonds is 4. The Balaban J connectivity index is 0.00000242. The summed E-state index contributed by atoms with van der Waals surface area (Å²) < 4.78 is 5.21. The van der Waals surface area contributed by atoms with Gasteiger partial charge in [-0.2, -0.15) is 0 Å². The molecule has 0 aliphatic carbocycles. The molecule has 2 rings (SSSR count). The maximum absolute atomic E-state index is 12.5. The minimum absolute atomic E-state index is 0. The van der Waals surface area contributed by atoms with Gasteiger partial charge in [0.15, 0.2) is 0 Å². The summed E-state index contributed by atoms with van der Waals surface area (Å²) in [5.41, 5.74) is 7.83. The Kier molecular flexibility index (Phi) is 5.54. The molecule has 2 aromatic heterocycles. The summed E-state index contributed by atoms with van der Waals surface area (Å²) in [4.78, 5) is 16.9. The Morgan fingerprint density at radius 3 is 2.64 bits per heavy atom. The van der Waals surface area contributed by atoms with Crippen molar-refractivity contribution in [2.24, 2.45) is 5.73 Å². The third-order valence-electron chi connectivity index (χ3n) is 3.18. The summed E-state index contributed by atoms with van der Waals surface area (Å²) in [6, 6.07) is 1.80. The van der Waals surface area contributed by atoms with E-state index in [0.29, 0.717) is 28.9 Å². The Bertz CT molecular complexity index is 674. The molecule has 0 aliphatic heterocycles. The maximum Gasteiger partial charge on any atom is 0.259 e. The van der Waals surface area contributed by atoms with E-state index in [4.69, 9.17) is 10.3 Å². The average Bonchev–Trinajstić information content (AvgIpc) is 2.76. The molecule has 0 fully saturated rings. The van der Waals surface area contributed by atoms with Crippen LogP contribution in [0, 0.1) is 6.92 Å². The van der Waals surface area contributed by atoms with Gasteiger partial charge in [-0.05, 0) is 32.8 Å². The van der Waals surface area contributed by atoms with Crippen molar-refractivity contribution in [3.63, 3.8) is 0 Å². The number of pyridine rings is 1. The fourth-order valence-corrected chi connectivity index (χ4v) is 1.99. The maximum atomic E-state index is 12.5. The van der Waals surface area contributed by atoms with Crippen molar-refractivity contribution in [3.8, 4) is 0 Å². The standard InChI is InChI=1S/C15H22N4O2.ClH/c1-8(2)11-6-10(13(20)17-7-15(4,5)16)12-9(3)19-21-14(12)18-11;/h6,8H,7,16H2,1-5H3,(H,17,20);1H. The summed E-state index contributed by atoms with van der Waals surface area (Å²) in [5, 5.41) is 7.42. The predicted octanol–water partition coefficient (Wildman–Crippen LogP) is 2.54. The monoisotopic (exact) mass is 326 g/mol. The first-order valence-corrected chi connectivity index (χ1v) is 7.03. The number of nitrogens with two attached hydrogens (primary N) is 1. The van der Waals surface area contributed by atoms with Crippen LogP contribution in [-0.4, -0.2) is 28.1 Å². The minimum Gasteiger partial charge on any atom is -0.350 e. The highest BCUT2D eigenvalue weighted by molar-refractivity contribution is 6.06. The third-order valence-corrected chi connectivity index (χ3v) is 3.18. The van der Waals surface area contributed by atoms with Gasteiger partial charge in [0.05, 0.1) is 16.6 Å². The number of halogens is 1. The molecule has 122 valence electrons. The molecule has 1 amide bonds. The molecule has 7 heteroatoms. The van der Waals surface area contributed by atoms with Crippen molar-refractivity contribution in [2.75, 3.05) is 6.54 Å². The zero-order valence-electron chi connectivity index (χ0n) is 13.6. The molecule has 0 bridgehead atoms. The van der Waals surface area contributed by atoms with Crippen LogP contribution in [0.1, 0.15) is 55.4 Å². The molecule has 2 aromatic rings. The van der Waals surface area contributed by atoms with Crippen molar-refractivity contribution >= 4 is 29.4 Å². The Morgan fingerprint density at radius 1 is 1.45 bits per heavy atom. The SMILES string of the molecule is Cc1noc2nc(C(C)C)cc(C(=O)NCC(C)(C)N)c12.Cl. The number of carbonyl (C=O) groups excluding carboxylic acids is 1. The van der Waals surface area contributed by atoms with Crippen LogP contribution in [0.3, 0.4) is 0 Å². The zero-order valence-corrected chi connectivity index (χ0v) is 14.4. The summed E-state index contributed by atoms with van der Waals surface area (Å²) in [6.07, 6.45) is 0. The zero-order chi connectivity index (χ0) is 15.8. The fraction of sp³-hybridized carbons (Fsp3) is 0.533. The van der Waals surface area contributed by atoms with Gasteiger partial charge >= 0.3 is 0 Å². The third kappa shape index (κ3) is 3.96. The van der Waals surface area contributed by atoms with E-state index in [2.05, 4.69) is 15.5 Å². The lowest BCUT2D eigenvalue weighted by Gasteiger charge is -2.19. The van der Waals surface area contributed by atoms with Gasteiger partial charge in [-0.15, -0.1) is 12.4 Å². The second-order valence-electron chi connectivity index (χ2n) is 6.37. The number of hydrogen-bond donors (Lipinski definition) is 2. The Morgan fingerprint density at radius 2 is 2.09 bits per heavy atom. The largest absolute Gasteiger partial charge is 0.350 e. The fourth-order valence-electron chi connectivity index (χ4n) is 1.99. The van der Waals surface area contributed by atoms with E-state index in [1.54, 1.807) is 13.0 Å². The Hall–Kier alpha value is -1.66. The van der Waals surface area contributed by atoms with Crippen molar-refractivity contribution in [1.29, 1.82) is 0 Å². The molecule has 0 aromatic carbocycles. The van der Waals surface area contributed by atoms with Crippen molar-refractivity contribution in [1.82, 2.24) is 15.5 Å². The van der Waals surface area contributed by atoms with E-state index in [1.165, 1.54) is 0 Å². The summed E-state index contributed by atoms with van der Waals surface area (Å²) in [7, 11) is 0. The molecule has 2 heterocycles. The molecule has 0 spiro atoms. The lowest BCUT2D eigenvalue weighted by molar-refractivity contribution is 0.0947. The van der Waals surface area contributed by atoms with E-state index >= 15 is 0 Å². The first-order chi connectivity index (χ1) is 9.69. The van der Waals surface area contributed by atoms with E-state index in [9.17, 15) is 4.79 Å². The molecule has 3 N–H and O–H groups in total. The van der Waals surface area contributed by atoms with Crippen LogP contribution in [-0.2, 0) is 0 Å². The van der Waals surface area contributed by atoms with Gasteiger partial charge in [-0.25, -0.2) is 4.98 Å². The minimum atomic E-state index is -0.466. The van der Waals surface area contributed by atoms with Gasteiger partial charge in [0.1, 0.15) is 0 Å². The van der Waals surface area contributed by atoms with Crippen molar-refractivity contribution < 1.29 is 9.32 Å². The van der Waals surface area contributed by atoms with Gasteiger partial charge in [0.25, 0.3) is 11.6 Å². The molecule has 6 nitrogen and oxygen atoms in total. The molecular formula is C15H23ClN4O2. The Labute approximate surface area is 136 Å². The van der Waals surface area contributed by atoms with Gasteiger partial charge in [-0.3, -0.25) is 4.79 Å². The second kappa shape index (κ2) is 6.62. The van der Waals surface area contributed by atoms with Crippen LogP contribution in [0.2, 0.25) is 0 Å². The van der Waals surface area contributed by atoms with Crippen LogP contribution in [0.15, 0.2) is 10.6 Å². The quantitative estimate of drug-likeness (QED) is 0.900. The van der Waals surface area contributed by atoms with E-state index in [1.807, 2.05) is 27.7 Å². The highest BCUT2D eigenvalue weighted by Gasteiger charge is 2.21. The van der Waals surface area contributed by atoms with Crippen LogP contribution in [0.5, 0.6) is 0 Å². The van der Waals surface area contributed by atoms with Crippen molar-refractivity contribution in [3.05, 3.63) is 23.0 Å². The predicted molar refractivity (Wildman–Crippen MR) is 88.5 cm³/mol. The average molecular weight is 327 g/mol. The topological polar surface area (TPSA) is 94.0 Å². The van der Waals surface area contributed by atoms with Gasteiger partial charge in [-0.1, -0.05) is 19.0 Å². The van der Waals surface area contributed by atoms with Gasteiger partial charge in [0, 0.05) is 17.8 Å². The molecule has 0 saturated carbocycles. The molecule has 0 unspecified atom stereocenters. The summed E-state index contributed by atoms with van der Waals surface area (Å²) in [5.74, 6) is 0.00595. The lowest BCUT2D eigenvalue weighted by atomic mass is 10.0. The van der Waals surface area contributed by atoms with E-state index in [0.717, 1.165) is 5.69 Å². The van der Waals surface area contributed by atoms with Crippen LogP contribution in [0.25, 0.3) is 11.1 Å². The lowest BCUT2D eigenvalue weighted by Crippen LogP contribution is -2.45. The number of carbonyl (C=O) groups is 1. The number of aryl methyl sites for hydroxylation is 1. The molecule has 0 radical (unpaired) electrons. The van der Waals surface area contributed by atoms with Gasteiger partial charge < -0.3 is 15.6 Å². The first-order valence-electron chi connectivity index (χ1n) is 7.03. The normalized spacial score (nSPS) is 11.6. The number of amides is 1. The summed E-state index contributed by atoms with van der Waals surface area (Å²) in [6.45, 7) is 9.94. The highest BCUT2D eigenvalue weighted by atomic mass is 35.5. The van der Waals surface area contributed by atoms with Crippen LogP contribution in [0.4, 0.5) is 0 Å². The number of nitrogens with zero attached hydrogens (tertiary/aromatic N) is 2. The number of hydrogen-bond acceptors (Lipinski definition) is 5. The number of nitrogens with one attached hydrogen (secondary N) is 1. The smallest absolute Gasteiger partial charge is 0.259 e. The molecule has 0 saturated heterocycles. The highest BCUT2D eigenvalue weighted by Crippen LogP contribution is 2.25. The molecular weight excluding hydrogens is 304 g/mol. The molecule has 22 heavy (non-hydrogen) atoms. The van der Waals surface area contributed by atoms with E-state index < -0.39 is 5.54 Å². The first kappa shape index (κ1) is 18.4. The molecule has 0 aliphatic rings. The van der Waals surface area contributed by atoms with E-state index in [-0.39, 0.29) is 24.2 Å². The summed E-state index contributed by atoms with van der Waals surface area (Å²) >= 11 is 0. The van der Waals surface area contributed by atoms with Gasteiger partial charge in [0.2, 0.25) is 0 Å². The number of fused-ring (bicyclic) bond motifs is 1. The number of aromatic nitrogens is 2. The van der Waals surface area contributed by atoms with Crippen LogP contribution >= 0.6 is 12.4 Å². The molecule has 0 atom stereocenters.